The Balaban J connectivity index is 2.12. The molecule has 0 atom stereocenters. The van der Waals surface area contributed by atoms with Crippen molar-refractivity contribution in [2.45, 2.75) is 19.3 Å². The second-order valence-corrected chi connectivity index (χ2v) is 4.88. The molecule has 0 unspecified atom stereocenters. The number of hydrogen-bond acceptors (Lipinski definition) is 4. The molecule has 0 saturated carbocycles. The molecular weight excluding hydrogens is 240 g/mol. The molecule has 2 heterocycles. The average Bonchev–Trinajstić information content (AvgIpc) is 2.47. The number of rotatable bonds is 2. The number of carbonyl (C=O) groups is 1. The fourth-order valence-electron chi connectivity index (χ4n) is 2.62. The zero-order chi connectivity index (χ0) is 13.2. The van der Waals surface area contributed by atoms with Crippen LogP contribution in [0, 0.1) is 0 Å². The summed E-state index contributed by atoms with van der Waals surface area (Å²) in [6.45, 7) is 1.88. The quantitative estimate of drug-likeness (QED) is 0.817. The Kier molecular flexibility index (Phi) is 3.07. The topological polar surface area (TPSA) is 56.3 Å². The average molecular weight is 255 g/mol. The van der Waals surface area contributed by atoms with Gasteiger partial charge in [0.05, 0.1) is 11.5 Å². The number of fused-ring (bicyclic) bond motifs is 1. The number of para-hydroxylation sites is 1. The van der Waals surface area contributed by atoms with Crippen molar-refractivity contribution >= 4 is 22.7 Å². The zero-order valence-corrected chi connectivity index (χ0v) is 10.6. The highest BCUT2D eigenvalue weighted by Crippen LogP contribution is 2.24. The summed E-state index contributed by atoms with van der Waals surface area (Å²) in [5.74, 6) is -0.394. The van der Waals surface area contributed by atoms with Gasteiger partial charge in [-0.2, -0.15) is 0 Å². The number of benzene rings is 1. The molecule has 1 aromatic heterocycles. The highest BCUT2D eigenvalue weighted by molar-refractivity contribution is 6.02. The number of aromatic carboxylic acids is 1. The van der Waals surface area contributed by atoms with Crippen LogP contribution in [0.25, 0.3) is 10.9 Å². The third kappa shape index (κ3) is 2.26. The highest BCUT2D eigenvalue weighted by Gasteiger charge is 2.14. The van der Waals surface area contributed by atoms with Gasteiger partial charge < -0.3 is 14.8 Å². The third-order valence-corrected chi connectivity index (χ3v) is 3.60. The molecule has 1 saturated heterocycles. The van der Waals surface area contributed by atoms with Crippen LogP contribution in [0.15, 0.2) is 30.3 Å². The molecule has 3 rings (SSSR count). The minimum absolute atomic E-state index is 0.228. The summed E-state index contributed by atoms with van der Waals surface area (Å²) in [7, 11) is 0. The summed E-state index contributed by atoms with van der Waals surface area (Å²) in [5.41, 5.74) is 0.941. The van der Waals surface area contributed by atoms with Crippen LogP contribution >= 0.6 is 0 Å². The van der Waals surface area contributed by atoms with Crippen LogP contribution in [0.5, 0.6) is 0 Å². The molecule has 2 aromatic rings. The Hall–Kier alpha value is -2.10. The van der Waals surface area contributed by atoms with Gasteiger partial charge in [-0.05, 0) is 31.4 Å². The van der Waals surface area contributed by atoms with Crippen molar-refractivity contribution in [3.8, 4) is 0 Å². The van der Waals surface area contributed by atoms with Crippen molar-refractivity contribution in [3.05, 3.63) is 35.9 Å². The molecule has 0 amide bonds. The first-order valence-corrected chi connectivity index (χ1v) is 6.62. The van der Waals surface area contributed by atoms with Crippen molar-refractivity contribution < 1.29 is 9.90 Å². The molecule has 98 valence electrons. The monoisotopic (exact) mass is 255 g/mol. The van der Waals surface area contributed by atoms with Crippen LogP contribution in [0.1, 0.15) is 29.6 Å². The minimum Gasteiger partial charge on any atom is -0.545 e. The maximum atomic E-state index is 11.3. The second kappa shape index (κ2) is 4.88. The number of hydrogen-bond donors (Lipinski definition) is 0. The van der Waals surface area contributed by atoms with Crippen LogP contribution in [0.4, 0.5) is 5.82 Å². The largest absolute Gasteiger partial charge is 0.545 e. The highest BCUT2D eigenvalue weighted by atomic mass is 16.4. The molecule has 1 aliphatic rings. The van der Waals surface area contributed by atoms with Gasteiger partial charge in [0.15, 0.2) is 0 Å². The van der Waals surface area contributed by atoms with Crippen LogP contribution in [0.2, 0.25) is 0 Å². The number of carboxylic acids is 1. The summed E-state index contributed by atoms with van der Waals surface area (Å²) in [5, 5.41) is 11.9. The Morgan fingerprint density at radius 1 is 1.16 bits per heavy atom. The van der Waals surface area contributed by atoms with E-state index in [9.17, 15) is 9.90 Å². The summed E-state index contributed by atoms with van der Waals surface area (Å²) >= 11 is 0. The number of pyridine rings is 1. The van der Waals surface area contributed by atoms with Gasteiger partial charge in [0.25, 0.3) is 0 Å². The molecule has 0 bridgehead atoms. The maximum Gasteiger partial charge on any atom is 0.129 e. The van der Waals surface area contributed by atoms with Gasteiger partial charge in [-0.3, -0.25) is 0 Å². The summed E-state index contributed by atoms with van der Waals surface area (Å²) in [6, 6.07) is 8.94. The Bertz CT molecular complexity index is 619. The molecule has 0 aliphatic carbocycles. The van der Waals surface area contributed by atoms with Crippen LogP contribution in [-0.2, 0) is 0 Å². The fourth-order valence-corrected chi connectivity index (χ4v) is 2.62. The molecule has 1 aliphatic heterocycles. The lowest BCUT2D eigenvalue weighted by molar-refractivity contribution is -0.254. The Morgan fingerprint density at radius 3 is 2.63 bits per heavy atom. The predicted octanol–water partition coefficient (Wildman–Crippen LogP) is 1.59. The van der Waals surface area contributed by atoms with Gasteiger partial charge in [0, 0.05) is 24.0 Å². The van der Waals surface area contributed by atoms with E-state index in [1.165, 1.54) is 6.42 Å². The van der Waals surface area contributed by atoms with E-state index in [1.807, 2.05) is 18.2 Å². The van der Waals surface area contributed by atoms with Gasteiger partial charge >= 0.3 is 0 Å². The first-order valence-electron chi connectivity index (χ1n) is 6.62. The molecule has 19 heavy (non-hydrogen) atoms. The lowest BCUT2D eigenvalue weighted by Crippen LogP contribution is -2.31. The van der Waals surface area contributed by atoms with E-state index >= 15 is 0 Å². The van der Waals surface area contributed by atoms with E-state index in [0.717, 1.165) is 31.7 Å². The number of nitrogens with zero attached hydrogens (tertiary/aromatic N) is 2. The normalized spacial score (nSPS) is 15.7. The van der Waals surface area contributed by atoms with Crippen LogP contribution in [0.3, 0.4) is 0 Å². The second-order valence-electron chi connectivity index (χ2n) is 4.88. The number of carbonyl (C=O) groups excluding carboxylic acids is 1. The standard InChI is InChI=1S/C15H16N2O2/c18-15(19)12-10-14(17-8-4-1-5-9-17)16-13-7-3-2-6-11(12)13/h2-3,6-7,10H,1,4-5,8-9H2,(H,18,19)/p-1. The smallest absolute Gasteiger partial charge is 0.129 e. The van der Waals surface area contributed by atoms with Crippen molar-refractivity contribution in [1.29, 1.82) is 0 Å². The van der Waals surface area contributed by atoms with Gasteiger partial charge in [-0.15, -0.1) is 0 Å². The third-order valence-electron chi connectivity index (χ3n) is 3.60. The van der Waals surface area contributed by atoms with Gasteiger partial charge in [-0.1, -0.05) is 18.2 Å². The Labute approximate surface area is 111 Å². The van der Waals surface area contributed by atoms with Gasteiger partial charge in [0.1, 0.15) is 5.82 Å². The first-order chi connectivity index (χ1) is 9.25. The van der Waals surface area contributed by atoms with Crippen molar-refractivity contribution in [2.24, 2.45) is 0 Å². The number of piperidine rings is 1. The summed E-state index contributed by atoms with van der Waals surface area (Å²) in [4.78, 5) is 18.0. The van der Waals surface area contributed by atoms with Crippen molar-refractivity contribution in [1.82, 2.24) is 4.98 Å². The Morgan fingerprint density at radius 2 is 1.89 bits per heavy atom. The lowest BCUT2D eigenvalue weighted by Gasteiger charge is -2.28. The first kappa shape index (κ1) is 12.0. The fraction of sp³-hybridized carbons (Fsp3) is 0.333. The molecule has 4 nitrogen and oxygen atoms in total. The summed E-state index contributed by atoms with van der Waals surface area (Å²) in [6.07, 6.45) is 3.50. The van der Waals surface area contributed by atoms with E-state index in [0.29, 0.717) is 10.9 Å². The molecule has 0 radical (unpaired) electrons. The lowest BCUT2D eigenvalue weighted by atomic mass is 10.1. The predicted molar refractivity (Wildman–Crippen MR) is 72.1 cm³/mol. The van der Waals surface area contributed by atoms with Crippen LogP contribution < -0.4 is 10.0 Å². The van der Waals surface area contributed by atoms with E-state index in [-0.39, 0.29) is 5.56 Å². The number of carboxylic acid groups (broad SMARTS) is 1. The molecule has 0 spiro atoms. The summed E-state index contributed by atoms with van der Waals surface area (Å²) < 4.78 is 0. The molecule has 4 heteroatoms. The maximum absolute atomic E-state index is 11.3. The molecular formula is C15H15N2O2-. The number of aromatic nitrogens is 1. The number of anilines is 1. The molecule has 0 N–H and O–H groups in total. The zero-order valence-electron chi connectivity index (χ0n) is 10.6. The SMILES string of the molecule is O=C([O-])c1cc(N2CCCCC2)nc2ccccc12. The molecule has 1 fully saturated rings. The van der Waals surface area contributed by atoms with Crippen LogP contribution in [-0.4, -0.2) is 24.0 Å². The van der Waals surface area contributed by atoms with E-state index in [2.05, 4.69) is 9.88 Å². The van der Waals surface area contributed by atoms with Crippen molar-refractivity contribution in [3.63, 3.8) is 0 Å². The van der Waals surface area contributed by atoms with E-state index < -0.39 is 5.97 Å². The van der Waals surface area contributed by atoms with E-state index in [4.69, 9.17) is 0 Å². The van der Waals surface area contributed by atoms with E-state index in [1.54, 1.807) is 12.1 Å². The van der Waals surface area contributed by atoms with Crippen molar-refractivity contribution in [2.75, 3.05) is 18.0 Å². The van der Waals surface area contributed by atoms with Gasteiger partial charge in [0.2, 0.25) is 0 Å². The molecule has 1 aromatic carbocycles. The minimum atomic E-state index is -1.14. The van der Waals surface area contributed by atoms with Gasteiger partial charge in [-0.25, -0.2) is 4.98 Å².